The van der Waals surface area contributed by atoms with Gasteiger partial charge in [-0.2, -0.15) is 0 Å². The Kier molecular flexibility index (Phi) is 5.49. The zero-order chi connectivity index (χ0) is 17.7. The fourth-order valence-corrected chi connectivity index (χ4v) is 2.29. The second-order valence-electron chi connectivity index (χ2n) is 5.35. The van der Waals surface area contributed by atoms with Crippen LogP contribution in [0.5, 0.6) is 5.75 Å². The number of nitrogens with two attached hydrogens (primary N) is 1. The van der Waals surface area contributed by atoms with Crippen molar-refractivity contribution >= 4 is 11.7 Å². The van der Waals surface area contributed by atoms with Gasteiger partial charge in [0.15, 0.2) is 0 Å². The van der Waals surface area contributed by atoms with E-state index >= 15 is 0 Å². The number of aromatic nitrogens is 1. The van der Waals surface area contributed by atoms with Crippen LogP contribution >= 0.6 is 0 Å². The first-order chi connectivity index (χ1) is 11.4. The number of nitrogens with zero attached hydrogens (tertiary/aromatic N) is 1. The number of amidine groups is 1. The minimum atomic E-state index is -0.287. The Morgan fingerprint density at radius 2 is 1.92 bits per heavy atom. The van der Waals surface area contributed by atoms with E-state index in [9.17, 15) is 15.0 Å². The average Bonchev–Trinajstić information content (AvgIpc) is 2.58. The first kappa shape index (κ1) is 17.4. The molecule has 24 heavy (non-hydrogen) atoms. The Morgan fingerprint density at radius 3 is 2.50 bits per heavy atom. The molecule has 0 aliphatic carbocycles. The number of hydrogen-bond donors (Lipinski definition) is 5. The molecule has 2 aromatic rings. The highest BCUT2D eigenvalue weighted by molar-refractivity contribution is 5.98. The van der Waals surface area contributed by atoms with Crippen molar-refractivity contribution in [3.05, 3.63) is 58.4 Å². The monoisotopic (exact) mass is 328 g/mol. The van der Waals surface area contributed by atoms with Gasteiger partial charge in [0.1, 0.15) is 11.6 Å². The van der Waals surface area contributed by atoms with Gasteiger partial charge in [0, 0.05) is 29.4 Å². The van der Waals surface area contributed by atoms with Crippen LogP contribution in [0.15, 0.2) is 30.5 Å². The molecule has 0 fully saturated rings. The highest BCUT2D eigenvalue weighted by Gasteiger charge is 2.11. The van der Waals surface area contributed by atoms with Gasteiger partial charge in [-0.3, -0.25) is 15.2 Å². The van der Waals surface area contributed by atoms with Gasteiger partial charge in [-0.25, -0.2) is 0 Å². The fourth-order valence-electron chi connectivity index (χ4n) is 2.29. The number of carbonyl (C=O) groups excluding carboxylic acids is 1. The van der Waals surface area contributed by atoms with Crippen LogP contribution in [0.1, 0.15) is 32.7 Å². The van der Waals surface area contributed by atoms with Crippen molar-refractivity contribution in [3.63, 3.8) is 0 Å². The van der Waals surface area contributed by atoms with E-state index in [0.717, 1.165) is 0 Å². The lowest BCUT2D eigenvalue weighted by atomic mass is 10.1. The third-order valence-corrected chi connectivity index (χ3v) is 3.73. The van der Waals surface area contributed by atoms with Gasteiger partial charge >= 0.3 is 0 Å². The number of nitrogen functional groups attached to an aromatic ring is 1. The summed E-state index contributed by atoms with van der Waals surface area (Å²) in [5, 5.41) is 29.4. The Bertz CT molecular complexity index is 757. The van der Waals surface area contributed by atoms with Gasteiger partial charge in [0.25, 0.3) is 5.91 Å². The average molecular weight is 328 g/mol. The van der Waals surface area contributed by atoms with E-state index in [4.69, 9.17) is 11.1 Å². The normalized spacial score (nSPS) is 10.4. The van der Waals surface area contributed by atoms with Crippen LogP contribution in [0, 0.1) is 12.3 Å². The molecule has 0 aliphatic rings. The van der Waals surface area contributed by atoms with Crippen molar-refractivity contribution in [2.75, 3.05) is 6.54 Å². The summed E-state index contributed by atoms with van der Waals surface area (Å²) >= 11 is 0. The minimum Gasteiger partial charge on any atom is -0.506 e. The topological polar surface area (TPSA) is 132 Å². The first-order valence-corrected chi connectivity index (χ1v) is 7.44. The molecule has 0 saturated carbocycles. The number of hydrogen-bond acceptors (Lipinski definition) is 5. The van der Waals surface area contributed by atoms with Crippen LogP contribution in [0.3, 0.4) is 0 Å². The number of benzene rings is 1. The van der Waals surface area contributed by atoms with Crippen molar-refractivity contribution in [1.82, 2.24) is 10.3 Å². The maximum absolute atomic E-state index is 12.1. The predicted molar refractivity (Wildman–Crippen MR) is 90.1 cm³/mol. The van der Waals surface area contributed by atoms with Gasteiger partial charge in [-0.05, 0) is 31.0 Å². The van der Waals surface area contributed by atoms with Crippen molar-refractivity contribution in [3.8, 4) is 5.75 Å². The molecule has 0 aliphatic heterocycles. The maximum Gasteiger partial charge on any atom is 0.251 e. The third kappa shape index (κ3) is 3.88. The fraction of sp³-hybridized carbons (Fsp3) is 0.235. The van der Waals surface area contributed by atoms with Crippen molar-refractivity contribution in [1.29, 1.82) is 5.41 Å². The highest BCUT2D eigenvalue weighted by Crippen LogP contribution is 2.23. The number of amides is 1. The molecule has 0 radical (unpaired) electrons. The maximum atomic E-state index is 12.1. The molecule has 0 atom stereocenters. The lowest BCUT2D eigenvalue weighted by molar-refractivity contribution is 0.0954. The van der Waals surface area contributed by atoms with Crippen molar-refractivity contribution in [2.45, 2.75) is 20.0 Å². The summed E-state index contributed by atoms with van der Waals surface area (Å²) in [4.78, 5) is 16.1. The molecule has 126 valence electrons. The molecule has 7 heteroatoms. The molecule has 0 saturated heterocycles. The van der Waals surface area contributed by atoms with Crippen LogP contribution in [0.4, 0.5) is 0 Å². The van der Waals surface area contributed by atoms with E-state index in [1.54, 1.807) is 37.4 Å². The second-order valence-corrected chi connectivity index (χ2v) is 5.35. The number of aliphatic hydroxyl groups excluding tert-OH is 1. The molecule has 0 spiro atoms. The number of rotatable bonds is 6. The number of pyridine rings is 1. The van der Waals surface area contributed by atoms with Gasteiger partial charge in [0.05, 0.1) is 12.3 Å². The van der Waals surface area contributed by atoms with Gasteiger partial charge < -0.3 is 21.3 Å². The van der Waals surface area contributed by atoms with E-state index in [2.05, 4.69) is 10.3 Å². The summed E-state index contributed by atoms with van der Waals surface area (Å²) in [5.41, 5.74) is 7.97. The summed E-state index contributed by atoms with van der Waals surface area (Å²) in [6.45, 7) is 1.71. The molecule has 1 aromatic carbocycles. The number of carbonyl (C=O) groups is 1. The van der Waals surface area contributed by atoms with Crippen molar-refractivity contribution < 1.29 is 15.0 Å². The number of nitrogens with one attached hydrogen (secondary N) is 2. The van der Waals surface area contributed by atoms with Crippen LogP contribution in [-0.2, 0) is 13.0 Å². The van der Waals surface area contributed by atoms with Gasteiger partial charge in [0.2, 0.25) is 0 Å². The molecular formula is C17H20N4O3. The van der Waals surface area contributed by atoms with Gasteiger partial charge in [-0.1, -0.05) is 12.1 Å². The standard InChI is InChI=1S/C17H20N4O3/c1-10-15(23)14(9-22)13(8-21-10)6-7-20-17(24)12-4-2-11(3-5-12)16(18)19/h2-5,8,22-23H,6-7,9H2,1H3,(H3,18,19)(H,20,24). The number of aromatic hydroxyl groups is 1. The molecule has 0 bridgehead atoms. The molecule has 6 N–H and O–H groups in total. The molecule has 2 rings (SSSR count). The summed E-state index contributed by atoms with van der Waals surface area (Å²) in [5.74, 6) is -0.314. The summed E-state index contributed by atoms with van der Waals surface area (Å²) in [6, 6.07) is 6.43. The molecule has 1 heterocycles. The second kappa shape index (κ2) is 7.56. The highest BCUT2D eigenvalue weighted by atomic mass is 16.3. The Hall–Kier alpha value is -2.93. The lowest BCUT2D eigenvalue weighted by Gasteiger charge is -2.11. The Labute approximate surface area is 139 Å². The van der Waals surface area contributed by atoms with Crippen LogP contribution in [-0.4, -0.2) is 33.5 Å². The third-order valence-electron chi connectivity index (χ3n) is 3.73. The minimum absolute atomic E-state index is 0.0128. The van der Waals surface area contributed by atoms with E-state index in [-0.39, 0.29) is 24.1 Å². The quantitative estimate of drug-likeness (QED) is 0.396. The molecule has 1 aromatic heterocycles. The van der Waals surface area contributed by atoms with E-state index in [1.165, 1.54) is 0 Å². The summed E-state index contributed by atoms with van der Waals surface area (Å²) in [6.07, 6.45) is 2.03. The van der Waals surface area contributed by atoms with Crippen LogP contribution in [0.2, 0.25) is 0 Å². The molecule has 0 unspecified atom stereocenters. The number of aliphatic hydroxyl groups is 1. The molecule has 1 amide bonds. The zero-order valence-corrected chi connectivity index (χ0v) is 13.3. The Balaban J connectivity index is 1.98. The smallest absolute Gasteiger partial charge is 0.251 e. The van der Waals surface area contributed by atoms with Gasteiger partial charge in [-0.15, -0.1) is 0 Å². The lowest BCUT2D eigenvalue weighted by Crippen LogP contribution is -2.26. The number of aryl methyl sites for hydroxylation is 1. The van der Waals surface area contributed by atoms with Crippen LogP contribution < -0.4 is 11.1 Å². The van der Waals surface area contributed by atoms with Crippen molar-refractivity contribution in [2.24, 2.45) is 5.73 Å². The summed E-state index contributed by atoms with van der Waals surface area (Å²) < 4.78 is 0. The molecule has 7 nitrogen and oxygen atoms in total. The van der Waals surface area contributed by atoms with E-state index in [1.807, 2.05) is 0 Å². The predicted octanol–water partition coefficient (Wildman–Crippen LogP) is 0.844. The largest absolute Gasteiger partial charge is 0.506 e. The molecular weight excluding hydrogens is 308 g/mol. The van der Waals surface area contributed by atoms with Crippen LogP contribution in [0.25, 0.3) is 0 Å². The Morgan fingerprint density at radius 1 is 1.29 bits per heavy atom. The summed E-state index contributed by atoms with van der Waals surface area (Å²) in [7, 11) is 0. The first-order valence-electron chi connectivity index (χ1n) is 7.44. The SMILES string of the molecule is Cc1ncc(CCNC(=O)c2ccc(C(=N)N)cc2)c(CO)c1O. The van der Waals surface area contributed by atoms with E-state index in [0.29, 0.717) is 40.9 Å². The van der Waals surface area contributed by atoms with E-state index < -0.39 is 0 Å². The zero-order valence-electron chi connectivity index (χ0n) is 13.3.